The van der Waals surface area contributed by atoms with E-state index in [1.54, 1.807) is 43.0 Å². The summed E-state index contributed by atoms with van der Waals surface area (Å²) in [5.74, 6) is -0.163. The highest BCUT2D eigenvalue weighted by Gasteiger charge is 2.10. The van der Waals surface area contributed by atoms with Crippen molar-refractivity contribution in [3.8, 4) is 0 Å². The van der Waals surface area contributed by atoms with Crippen LogP contribution < -0.4 is 11.2 Å². The molecule has 5 nitrogen and oxygen atoms in total. The number of nitrogen functional groups attached to an aromatic ring is 1. The van der Waals surface area contributed by atoms with Gasteiger partial charge in [0.15, 0.2) is 0 Å². The van der Waals surface area contributed by atoms with Crippen LogP contribution in [-0.4, -0.2) is 29.6 Å². The monoisotopic (exact) mass is 182 g/mol. The average Bonchev–Trinajstić information content (AvgIpc) is 2.28. The van der Waals surface area contributed by atoms with Gasteiger partial charge in [-0.05, 0) is 6.07 Å². The maximum Gasteiger partial charge on any atom is 0.282 e. The number of amides is 1. The van der Waals surface area contributed by atoms with Gasteiger partial charge in [0.25, 0.3) is 5.91 Å². The SMILES string of the molecule is CN(C)NC(=O)c1cc(N)cn1C. The molecule has 0 spiro atoms. The van der Waals surface area contributed by atoms with Crippen molar-refractivity contribution in [2.75, 3.05) is 19.8 Å². The number of nitrogens with two attached hydrogens (primary N) is 1. The topological polar surface area (TPSA) is 63.3 Å². The Labute approximate surface area is 77.1 Å². The van der Waals surface area contributed by atoms with Crippen molar-refractivity contribution in [2.24, 2.45) is 7.05 Å². The number of rotatable bonds is 2. The van der Waals surface area contributed by atoms with Gasteiger partial charge < -0.3 is 10.3 Å². The summed E-state index contributed by atoms with van der Waals surface area (Å²) in [7, 11) is 5.29. The fraction of sp³-hybridized carbons (Fsp3) is 0.375. The Bertz CT molecular complexity index is 316. The molecule has 0 saturated carbocycles. The van der Waals surface area contributed by atoms with Crippen LogP contribution in [0, 0.1) is 0 Å². The normalized spacial score (nSPS) is 10.5. The van der Waals surface area contributed by atoms with Crippen LogP contribution in [-0.2, 0) is 7.05 Å². The first-order valence-electron chi connectivity index (χ1n) is 3.91. The molecule has 1 amide bonds. The molecule has 0 atom stereocenters. The van der Waals surface area contributed by atoms with Gasteiger partial charge in [-0.3, -0.25) is 10.2 Å². The van der Waals surface area contributed by atoms with Crippen molar-refractivity contribution in [3.05, 3.63) is 18.0 Å². The van der Waals surface area contributed by atoms with Gasteiger partial charge in [0, 0.05) is 27.3 Å². The van der Waals surface area contributed by atoms with Gasteiger partial charge in [-0.2, -0.15) is 0 Å². The van der Waals surface area contributed by atoms with E-state index < -0.39 is 0 Å². The summed E-state index contributed by atoms with van der Waals surface area (Å²) < 4.78 is 1.69. The Balaban J connectivity index is 2.82. The molecule has 0 aliphatic heterocycles. The first kappa shape index (κ1) is 9.60. The second kappa shape index (κ2) is 3.49. The number of nitrogens with one attached hydrogen (secondary N) is 1. The van der Waals surface area contributed by atoms with E-state index in [2.05, 4.69) is 5.43 Å². The van der Waals surface area contributed by atoms with Crippen LogP contribution in [0.1, 0.15) is 10.5 Å². The molecule has 0 saturated heterocycles. The van der Waals surface area contributed by atoms with Crippen LogP contribution in [0.4, 0.5) is 5.69 Å². The lowest BCUT2D eigenvalue weighted by molar-refractivity contribution is 0.0848. The van der Waals surface area contributed by atoms with Gasteiger partial charge in [0.1, 0.15) is 5.69 Å². The summed E-state index contributed by atoms with van der Waals surface area (Å²) in [6, 6.07) is 1.64. The van der Waals surface area contributed by atoms with Crippen molar-refractivity contribution in [3.63, 3.8) is 0 Å². The quantitative estimate of drug-likeness (QED) is 0.623. The summed E-state index contributed by atoms with van der Waals surface area (Å²) in [4.78, 5) is 11.5. The van der Waals surface area contributed by atoms with E-state index in [1.807, 2.05) is 0 Å². The molecule has 1 aromatic rings. The van der Waals surface area contributed by atoms with E-state index >= 15 is 0 Å². The maximum atomic E-state index is 11.5. The smallest absolute Gasteiger partial charge is 0.282 e. The van der Waals surface area contributed by atoms with Crippen molar-refractivity contribution >= 4 is 11.6 Å². The fourth-order valence-corrected chi connectivity index (χ4v) is 1.08. The first-order valence-corrected chi connectivity index (χ1v) is 3.91. The van der Waals surface area contributed by atoms with Crippen molar-refractivity contribution in [1.82, 2.24) is 15.0 Å². The maximum absolute atomic E-state index is 11.5. The Morgan fingerprint density at radius 2 is 2.23 bits per heavy atom. The highest BCUT2D eigenvalue weighted by Crippen LogP contribution is 2.07. The molecule has 72 valence electrons. The standard InChI is InChI=1S/C8H14N4O/c1-11(2)10-8(13)7-4-6(9)5-12(7)3/h4-5H,9H2,1-3H3,(H,10,13). The van der Waals surface area contributed by atoms with Crippen molar-refractivity contribution in [2.45, 2.75) is 0 Å². The number of hydrazine groups is 1. The molecule has 0 radical (unpaired) electrons. The predicted octanol–water partition coefficient (Wildman–Crippen LogP) is -0.186. The van der Waals surface area contributed by atoms with E-state index in [-0.39, 0.29) is 5.91 Å². The molecular weight excluding hydrogens is 168 g/mol. The number of carbonyl (C=O) groups excluding carboxylic acids is 1. The zero-order valence-corrected chi connectivity index (χ0v) is 8.03. The molecule has 1 aromatic heterocycles. The van der Waals surface area contributed by atoms with Crippen LogP contribution in [0.25, 0.3) is 0 Å². The van der Waals surface area contributed by atoms with Crippen LogP contribution in [0.3, 0.4) is 0 Å². The summed E-state index contributed by atoms with van der Waals surface area (Å²) in [5, 5.41) is 1.59. The second-order valence-corrected chi connectivity index (χ2v) is 3.10. The Hall–Kier alpha value is -1.49. The van der Waals surface area contributed by atoms with E-state index in [9.17, 15) is 4.79 Å². The molecule has 0 bridgehead atoms. The van der Waals surface area contributed by atoms with Crippen LogP contribution in [0.2, 0.25) is 0 Å². The van der Waals surface area contributed by atoms with Gasteiger partial charge in [-0.15, -0.1) is 0 Å². The Morgan fingerprint density at radius 1 is 1.62 bits per heavy atom. The number of carbonyl (C=O) groups is 1. The van der Waals surface area contributed by atoms with E-state index in [4.69, 9.17) is 5.73 Å². The minimum atomic E-state index is -0.163. The molecule has 1 heterocycles. The molecule has 13 heavy (non-hydrogen) atoms. The van der Waals surface area contributed by atoms with Gasteiger partial charge in [0.05, 0.1) is 5.69 Å². The fourth-order valence-electron chi connectivity index (χ4n) is 1.08. The zero-order valence-electron chi connectivity index (χ0n) is 8.03. The molecular formula is C8H14N4O. The Morgan fingerprint density at radius 3 is 2.62 bits per heavy atom. The first-order chi connectivity index (χ1) is 6.00. The predicted molar refractivity (Wildman–Crippen MR) is 51.0 cm³/mol. The van der Waals surface area contributed by atoms with Gasteiger partial charge in [0.2, 0.25) is 0 Å². The van der Waals surface area contributed by atoms with Crippen LogP contribution in [0.15, 0.2) is 12.3 Å². The highest BCUT2D eigenvalue weighted by atomic mass is 16.2. The largest absolute Gasteiger partial charge is 0.397 e. The number of nitrogens with zero attached hydrogens (tertiary/aromatic N) is 2. The number of aryl methyl sites for hydroxylation is 1. The minimum absolute atomic E-state index is 0.163. The van der Waals surface area contributed by atoms with Crippen molar-refractivity contribution in [1.29, 1.82) is 0 Å². The van der Waals surface area contributed by atoms with Crippen molar-refractivity contribution < 1.29 is 4.79 Å². The summed E-state index contributed by atoms with van der Waals surface area (Å²) in [5.41, 5.74) is 9.30. The highest BCUT2D eigenvalue weighted by molar-refractivity contribution is 5.93. The third-order valence-corrected chi connectivity index (χ3v) is 1.58. The molecule has 0 aliphatic rings. The molecule has 0 unspecified atom stereocenters. The molecule has 5 heteroatoms. The van der Waals surface area contributed by atoms with E-state index in [0.717, 1.165) is 0 Å². The van der Waals surface area contributed by atoms with Gasteiger partial charge in [-0.25, -0.2) is 5.01 Å². The third-order valence-electron chi connectivity index (χ3n) is 1.58. The molecule has 3 N–H and O–H groups in total. The van der Waals surface area contributed by atoms with E-state index in [1.165, 1.54) is 0 Å². The number of aromatic nitrogens is 1. The molecule has 0 fully saturated rings. The summed E-state index contributed by atoms with van der Waals surface area (Å²) in [6.07, 6.45) is 1.70. The molecule has 0 aromatic carbocycles. The van der Waals surface area contributed by atoms with E-state index in [0.29, 0.717) is 11.4 Å². The zero-order chi connectivity index (χ0) is 10.0. The second-order valence-electron chi connectivity index (χ2n) is 3.10. The van der Waals surface area contributed by atoms with Crippen LogP contribution in [0.5, 0.6) is 0 Å². The van der Waals surface area contributed by atoms with Crippen LogP contribution >= 0.6 is 0 Å². The third kappa shape index (κ3) is 2.22. The lowest BCUT2D eigenvalue weighted by Crippen LogP contribution is -2.36. The molecule has 1 rings (SSSR count). The lowest BCUT2D eigenvalue weighted by atomic mass is 10.4. The lowest BCUT2D eigenvalue weighted by Gasteiger charge is -2.11. The minimum Gasteiger partial charge on any atom is -0.397 e. The number of hydrogen-bond acceptors (Lipinski definition) is 3. The Kier molecular flexibility index (Phi) is 2.57. The van der Waals surface area contributed by atoms with Gasteiger partial charge in [-0.1, -0.05) is 0 Å². The van der Waals surface area contributed by atoms with Gasteiger partial charge >= 0.3 is 0 Å². The number of anilines is 1. The number of hydrogen-bond donors (Lipinski definition) is 2. The molecule has 0 aliphatic carbocycles. The average molecular weight is 182 g/mol. The summed E-state index contributed by atoms with van der Waals surface area (Å²) >= 11 is 0. The summed E-state index contributed by atoms with van der Waals surface area (Å²) in [6.45, 7) is 0.